The molecule has 0 saturated heterocycles. The minimum Gasteiger partial charge on any atom is -0.485 e. The van der Waals surface area contributed by atoms with E-state index < -0.39 is 6.04 Å². The Kier molecular flexibility index (Phi) is 9.80. The van der Waals surface area contributed by atoms with Gasteiger partial charge in [-0.2, -0.15) is 0 Å². The molecule has 0 aromatic heterocycles. The Bertz CT molecular complexity index is 1340. The van der Waals surface area contributed by atoms with Gasteiger partial charge < -0.3 is 14.8 Å². The minimum absolute atomic E-state index is 0.0668. The van der Waals surface area contributed by atoms with Crippen LogP contribution in [0.25, 0.3) is 0 Å². The number of Topliss-reactive ketones (excluding diaryl/α,β-unsaturated/α-hetero) is 1. The van der Waals surface area contributed by atoms with Gasteiger partial charge in [0.2, 0.25) is 0 Å². The highest BCUT2D eigenvalue weighted by Crippen LogP contribution is 2.39. The second-order valence-corrected chi connectivity index (χ2v) is 10.7. The lowest BCUT2D eigenvalue weighted by Crippen LogP contribution is -2.50. The van der Waals surface area contributed by atoms with Gasteiger partial charge in [-0.1, -0.05) is 110 Å². The van der Waals surface area contributed by atoms with E-state index in [0.717, 1.165) is 17.5 Å². The molecule has 1 unspecified atom stereocenters. The van der Waals surface area contributed by atoms with Crippen LogP contribution in [0.4, 0.5) is 0 Å². The van der Waals surface area contributed by atoms with Crippen LogP contribution in [0, 0.1) is 0 Å². The third-order valence-corrected chi connectivity index (χ3v) is 6.94. The van der Waals surface area contributed by atoms with Crippen LogP contribution >= 0.6 is 11.6 Å². The van der Waals surface area contributed by atoms with Gasteiger partial charge >= 0.3 is 0 Å². The molecule has 0 heterocycles. The molecule has 1 N–H and O–H groups in total. The van der Waals surface area contributed by atoms with Crippen molar-refractivity contribution in [3.8, 4) is 11.5 Å². The summed E-state index contributed by atoms with van der Waals surface area (Å²) in [6.45, 7) is 6.91. The van der Waals surface area contributed by atoms with E-state index in [4.69, 9.17) is 21.1 Å². The summed E-state index contributed by atoms with van der Waals surface area (Å²) in [4.78, 5) is 13.8. The average Bonchev–Trinajstić information content (AvgIpc) is 2.95. The molecule has 4 aromatic carbocycles. The molecule has 0 spiro atoms. The van der Waals surface area contributed by atoms with Crippen molar-refractivity contribution in [2.75, 3.05) is 0 Å². The highest BCUT2D eigenvalue weighted by molar-refractivity contribution is 6.36. The molecule has 0 amide bonds. The zero-order valence-electron chi connectivity index (χ0n) is 22.8. The van der Waals surface area contributed by atoms with E-state index in [0.29, 0.717) is 36.7 Å². The normalized spacial score (nSPS) is 12.1. The van der Waals surface area contributed by atoms with Crippen LogP contribution in [0.5, 0.6) is 11.5 Å². The van der Waals surface area contributed by atoms with E-state index in [1.54, 1.807) is 12.1 Å². The molecule has 0 aliphatic rings. The van der Waals surface area contributed by atoms with Crippen molar-refractivity contribution in [3.63, 3.8) is 0 Å². The first-order valence-electron chi connectivity index (χ1n) is 13.4. The first-order chi connectivity index (χ1) is 18.9. The van der Waals surface area contributed by atoms with Crippen LogP contribution in [0.15, 0.2) is 103 Å². The summed E-state index contributed by atoms with van der Waals surface area (Å²) in [5.41, 5.74) is 3.36. The van der Waals surface area contributed by atoms with E-state index in [-0.39, 0.29) is 16.3 Å². The maximum atomic E-state index is 13.8. The number of hydrogen-bond donors (Lipinski definition) is 1. The maximum Gasteiger partial charge on any atom is 0.181 e. The van der Waals surface area contributed by atoms with Gasteiger partial charge in [-0.05, 0) is 55.5 Å². The van der Waals surface area contributed by atoms with Gasteiger partial charge in [-0.25, -0.2) is 0 Å². The van der Waals surface area contributed by atoms with Gasteiger partial charge in [0, 0.05) is 11.1 Å². The lowest BCUT2D eigenvalue weighted by Gasteiger charge is -2.31. The minimum atomic E-state index is -0.403. The van der Waals surface area contributed by atoms with Crippen LogP contribution < -0.4 is 14.8 Å². The number of rotatable bonds is 13. The first-order valence-corrected chi connectivity index (χ1v) is 13.8. The van der Waals surface area contributed by atoms with Crippen LogP contribution in [-0.4, -0.2) is 17.4 Å². The van der Waals surface area contributed by atoms with Crippen LogP contribution in [0.2, 0.25) is 5.02 Å². The van der Waals surface area contributed by atoms with Crippen molar-refractivity contribution >= 4 is 17.4 Å². The summed E-state index contributed by atoms with van der Waals surface area (Å²) < 4.78 is 12.3. The zero-order valence-corrected chi connectivity index (χ0v) is 23.6. The third-order valence-electron chi connectivity index (χ3n) is 6.57. The van der Waals surface area contributed by atoms with Gasteiger partial charge in [0.05, 0.1) is 11.1 Å². The van der Waals surface area contributed by atoms with E-state index >= 15 is 0 Å². The number of halogens is 1. The predicted molar refractivity (Wildman–Crippen MR) is 159 cm³/mol. The molecule has 4 nitrogen and oxygen atoms in total. The summed E-state index contributed by atoms with van der Waals surface area (Å²) in [6.07, 6.45) is 1.42. The smallest absolute Gasteiger partial charge is 0.181 e. The van der Waals surface area contributed by atoms with Crippen LogP contribution in [0.1, 0.15) is 54.2 Å². The Morgan fingerprint density at radius 2 is 1.28 bits per heavy atom. The second-order valence-electron chi connectivity index (χ2n) is 10.3. The molecule has 0 aliphatic heterocycles. The largest absolute Gasteiger partial charge is 0.485 e. The third kappa shape index (κ3) is 7.95. The molecule has 0 radical (unpaired) electrons. The van der Waals surface area contributed by atoms with Gasteiger partial charge in [0.15, 0.2) is 17.3 Å². The summed E-state index contributed by atoms with van der Waals surface area (Å²) in [7, 11) is 0. The summed E-state index contributed by atoms with van der Waals surface area (Å²) in [5.74, 6) is 0.810. The summed E-state index contributed by atoms with van der Waals surface area (Å²) >= 11 is 6.91. The van der Waals surface area contributed by atoms with Crippen molar-refractivity contribution in [2.24, 2.45) is 0 Å². The zero-order chi connectivity index (χ0) is 27.7. The van der Waals surface area contributed by atoms with Crippen molar-refractivity contribution in [2.45, 2.75) is 58.4 Å². The molecular formula is C34H36ClNO3. The fourth-order valence-electron chi connectivity index (χ4n) is 4.61. The van der Waals surface area contributed by atoms with Gasteiger partial charge in [-0.15, -0.1) is 0 Å². The Balaban J connectivity index is 1.57. The predicted octanol–water partition coefficient (Wildman–Crippen LogP) is 8.07. The van der Waals surface area contributed by atoms with Crippen LogP contribution in [-0.2, 0) is 19.6 Å². The Morgan fingerprint density at radius 3 is 1.82 bits per heavy atom. The first kappa shape index (κ1) is 28.4. The van der Waals surface area contributed by atoms with Crippen molar-refractivity contribution in [1.82, 2.24) is 5.32 Å². The van der Waals surface area contributed by atoms with Gasteiger partial charge in [-0.3, -0.25) is 4.79 Å². The number of nitrogens with one attached hydrogen (secondary N) is 1. The Labute approximate surface area is 236 Å². The molecule has 4 rings (SSSR count). The van der Waals surface area contributed by atoms with Crippen molar-refractivity contribution in [1.29, 1.82) is 0 Å². The van der Waals surface area contributed by atoms with E-state index in [1.165, 1.54) is 5.56 Å². The molecule has 39 heavy (non-hydrogen) atoms. The highest BCUT2D eigenvalue weighted by atomic mass is 35.5. The van der Waals surface area contributed by atoms with Crippen molar-refractivity contribution in [3.05, 3.63) is 130 Å². The maximum absolute atomic E-state index is 13.8. The Morgan fingerprint density at radius 1 is 0.769 bits per heavy atom. The fraction of sp³-hybridized carbons (Fsp3) is 0.265. The van der Waals surface area contributed by atoms with Crippen molar-refractivity contribution < 1.29 is 14.3 Å². The number of benzene rings is 4. The SMILES string of the molecule is CCC(NC(C)(C)Cc1ccccc1)C(=O)c1ccc(OCc2ccccc2)c(OCc2ccccc2)c1Cl. The van der Waals surface area contributed by atoms with Gasteiger partial charge in [0.25, 0.3) is 0 Å². The van der Waals surface area contributed by atoms with E-state index in [1.807, 2.05) is 85.8 Å². The summed E-state index contributed by atoms with van der Waals surface area (Å²) in [6, 6.07) is 33.2. The monoisotopic (exact) mass is 541 g/mol. The molecule has 0 bridgehead atoms. The van der Waals surface area contributed by atoms with E-state index in [9.17, 15) is 4.79 Å². The molecule has 4 aromatic rings. The summed E-state index contributed by atoms with van der Waals surface area (Å²) in [5, 5.41) is 3.84. The number of carbonyl (C=O) groups is 1. The number of ketones is 1. The van der Waals surface area contributed by atoms with Crippen LogP contribution in [0.3, 0.4) is 0 Å². The fourth-order valence-corrected chi connectivity index (χ4v) is 4.92. The standard InChI is InChI=1S/C34H36ClNO3/c1-4-29(36-34(2,3)22-25-14-8-5-9-15-25)32(37)28-20-21-30(38-23-26-16-10-6-11-17-26)33(31(28)35)39-24-27-18-12-7-13-19-27/h5-21,29,36H,4,22-24H2,1-3H3. The molecule has 0 saturated carbocycles. The van der Waals surface area contributed by atoms with Gasteiger partial charge in [0.1, 0.15) is 13.2 Å². The molecule has 5 heteroatoms. The Hall–Kier alpha value is -3.60. The molecule has 0 fully saturated rings. The second kappa shape index (κ2) is 13.5. The molecule has 0 aliphatic carbocycles. The number of ether oxygens (including phenoxy) is 2. The average molecular weight is 542 g/mol. The number of carbonyl (C=O) groups excluding carboxylic acids is 1. The lowest BCUT2D eigenvalue weighted by molar-refractivity contribution is 0.0919. The number of hydrogen-bond acceptors (Lipinski definition) is 4. The topological polar surface area (TPSA) is 47.6 Å². The molecular weight excluding hydrogens is 506 g/mol. The molecule has 1 atom stereocenters. The highest BCUT2D eigenvalue weighted by Gasteiger charge is 2.29. The quantitative estimate of drug-likeness (QED) is 0.174. The lowest BCUT2D eigenvalue weighted by atomic mass is 9.91. The molecule has 202 valence electrons. The van der Waals surface area contributed by atoms with E-state index in [2.05, 4.69) is 31.3 Å².